The highest BCUT2D eigenvalue weighted by Crippen LogP contribution is 2.22. The van der Waals surface area contributed by atoms with Crippen LogP contribution in [0.5, 0.6) is 0 Å². The highest BCUT2D eigenvalue weighted by molar-refractivity contribution is 5.89. The third-order valence-corrected chi connectivity index (χ3v) is 5.06. The van der Waals surface area contributed by atoms with Crippen molar-refractivity contribution in [1.82, 2.24) is 10.3 Å². The van der Waals surface area contributed by atoms with Crippen LogP contribution in [0.25, 0.3) is 6.08 Å². The van der Waals surface area contributed by atoms with Crippen molar-refractivity contribution in [2.24, 2.45) is 4.99 Å². The number of hydrogen-bond acceptors (Lipinski definition) is 4. The van der Waals surface area contributed by atoms with Gasteiger partial charge < -0.3 is 20.9 Å². The number of aromatic amines is 1. The van der Waals surface area contributed by atoms with E-state index in [1.165, 1.54) is 30.5 Å². The van der Waals surface area contributed by atoms with E-state index < -0.39 is 0 Å². The minimum Gasteiger partial charge on any atom is -0.363 e. The number of rotatable bonds is 4. The van der Waals surface area contributed by atoms with E-state index in [-0.39, 0.29) is 12.1 Å². The molecule has 0 saturated carbocycles. The summed E-state index contributed by atoms with van der Waals surface area (Å²) < 4.78 is 0. The van der Waals surface area contributed by atoms with Gasteiger partial charge in [-0.3, -0.25) is 4.79 Å². The maximum Gasteiger partial charge on any atom is 0.221 e. The smallest absolute Gasteiger partial charge is 0.221 e. The number of carbonyl (C=O) groups excluding carboxylic acids is 1. The van der Waals surface area contributed by atoms with Gasteiger partial charge >= 0.3 is 0 Å². The van der Waals surface area contributed by atoms with Crippen LogP contribution in [0.3, 0.4) is 0 Å². The fourth-order valence-electron chi connectivity index (χ4n) is 3.84. The Bertz CT molecular complexity index is 911. The highest BCUT2D eigenvalue weighted by Gasteiger charge is 2.19. The van der Waals surface area contributed by atoms with Crippen molar-refractivity contribution in [2.75, 3.05) is 23.7 Å². The van der Waals surface area contributed by atoms with E-state index >= 15 is 0 Å². The molecule has 1 aromatic heterocycles. The molecule has 2 aliphatic heterocycles. The second-order valence-corrected chi connectivity index (χ2v) is 7.02. The number of aromatic nitrogens is 1. The molecular weight excluding hydrogens is 326 g/mol. The molecule has 0 aliphatic carbocycles. The first-order chi connectivity index (χ1) is 12.7. The average Bonchev–Trinajstić information content (AvgIpc) is 3.05. The molecule has 1 unspecified atom stereocenters. The molecule has 1 fully saturated rings. The normalized spacial score (nSPS) is 19.8. The number of nitrogens with zero attached hydrogens (tertiary/aromatic N) is 1. The Morgan fingerprint density at radius 1 is 1.23 bits per heavy atom. The molecule has 3 heterocycles. The number of piperidine rings is 1. The van der Waals surface area contributed by atoms with Crippen molar-refractivity contribution in [3.63, 3.8) is 0 Å². The summed E-state index contributed by atoms with van der Waals surface area (Å²) >= 11 is 0. The molecule has 136 valence electrons. The summed E-state index contributed by atoms with van der Waals surface area (Å²) in [6.45, 7) is 3.70. The van der Waals surface area contributed by atoms with Gasteiger partial charge in [-0.2, -0.15) is 0 Å². The van der Waals surface area contributed by atoms with Gasteiger partial charge in [-0.1, -0.05) is 12.1 Å². The quantitative estimate of drug-likeness (QED) is 0.677. The van der Waals surface area contributed by atoms with Gasteiger partial charge in [0, 0.05) is 36.1 Å². The molecule has 6 nitrogen and oxygen atoms in total. The van der Waals surface area contributed by atoms with Crippen molar-refractivity contribution in [1.29, 1.82) is 0 Å². The number of hydrogen-bond donors (Lipinski definition) is 4. The summed E-state index contributed by atoms with van der Waals surface area (Å²) in [7, 11) is 0. The number of fused-ring (bicyclic) bond motifs is 1. The van der Waals surface area contributed by atoms with Gasteiger partial charge in [0.15, 0.2) is 0 Å². The lowest BCUT2D eigenvalue weighted by Gasteiger charge is -2.22. The Morgan fingerprint density at radius 2 is 2.04 bits per heavy atom. The van der Waals surface area contributed by atoms with E-state index in [1.54, 1.807) is 0 Å². The van der Waals surface area contributed by atoms with Crippen molar-refractivity contribution in [3.8, 4) is 0 Å². The number of H-pyrrole nitrogens is 1. The van der Waals surface area contributed by atoms with E-state index in [0.717, 1.165) is 36.4 Å². The maximum absolute atomic E-state index is 11.2. The van der Waals surface area contributed by atoms with Gasteiger partial charge in [0.1, 0.15) is 11.7 Å². The molecule has 1 aromatic carbocycles. The third kappa shape index (κ3) is 3.65. The molecule has 1 saturated heterocycles. The molecule has 2 aliphatic rings. The van der Waals surface area contributed by atoms with E-state index in [1.807, 2.05) is 24.3 Å². The zero-order chi connectivity index (χ0) is 17.9. The summed E-state index contributed by atoms with van der Waals surface area (Å²) in [6, 6.07) is 7.73. The first-order valence-corrected chi connectivity index (χ1v) is 9.29. The molecule has 0 radical (unpaired) electrons. The molecule has 1 amide bonds. The Hall–Kier alpha value is -2.60. The number of benzene rings is 1. The van der Waals surface area contributed by atoms with Gasteiger partial charge in [-0.25, -0.2) is 4.99 Å². The zero-order valence-electron chi connectivity index (χ0n) is 15.0. The molecule has 4 rings (SSSR count). The Morgan fingerprint density at radius 3 is 2.85 bits per heavy atom. The van der Waals surface area contributed by atoms with Crippen molar-refractivity contribution in [3.05, 3.63) is 46.7 Å². The topological polar surface area (TPSA) is 81.3 Å². The summed E-state index contributed by atoms with van der Waals surface area (Å²) in [5.41, 5.74) is 4.12. The summed E-state index contributed by atoms with van der Waals surface area (Å²) in [5, 5.41) is 11.0. The van der Waals surface area contributed by atoms with Crippen molar-refractivity contribution >= 4 is 23.4 Å². The predicted molar refractivity (Wildman–Crippen MR) is 104 cm³/mol. The molecule has 1 atom stereocenters. The van der Waals surface area contributed by atoms with Gasteiger partial charge in [0.05, 0.1) is 0 Å². The Labute approximate surface area is 152 Å². The minimum atomic E-state index is -0.0701. The first-order valence-electron chi connectivity index (χ1n) is 9.29. The van der Waals surface area contributed by atoms with Crippen LogP contribution in [0, 0.1) is 0 Å². The van der Waals surface area contributed by atoms with Crippen LogP contribution in [0.15, 0.2) is 35.5 Å². The lowest BCUT2D eigenvalue weighted by atomic mass is 9.90. The molecule has 0 bridgehead atoms. The fraction of sp³-hybridized carbons (Fsp3) is 0.400. The van der Waals surface area contributed by atoms with Crippen LogP contribution in [-0.4, -0.2) is 30.1 Å². The van der Waals surface area contributed by atoms with Crippen LogP contribution in [0.1, 0.15) is 37.7 Å². The maximum atomic E-state index is 11.2. The van der Waals surface area contributed by atoms with Crippen molar-refractivity contribution < 1.29 is 4.79 Å². The fourth-order valence-corrected chi connectivity index (χ4v) is 3.84. The Kier molecular flexibility index (Phi) is 4.75. The second-order valence-electron chi connectivity index (χ2n) is 7.02. The summed E-state index contributed by atoms with van der Waals surface area (Å²) in [6.07, 6.45) is 7.67. The standard InChI is InChI=1S/C20H25N5O/c1-13(26)23-15-3-2-4-16(11-15)24-19-6-5-17-18(12-22-20(17)25-19)14-7-9-21-10-8-14/h2-5,11-12,14,19,21,24H,6-10H2,1H3,(H,22,25)(H,23,26). The van der Waals surface area contributed by atoms with Gasteiger partial charge in [0.25, 0.3) is 0 Å². The molecule has 0 spiro atoms. The lowest BCUT2D eigenvalue weighted by Crippen LogP contribution is -2.36. The third-order valence-electron chi connectivity index (χ3n) is 5.06. The summed E-state index contributed by atoms with van der Waals surface area (Å²) in [5.74, 6) is 0.556. The number of amides is 1. The number of anilines is 2. The van der Waals surface area contributed by atoms with E-state index in [0.29, 0.717) is 5.92 Å². The van der Waals surface area contributed by atoms with Crippen LogP contribution in [0.4, 0.5) is 11.4 Å². The van der Waals surface area contributed by atoms with E-state index in [4.69, 9.17) is 4.99 Å². The summed E-state index contributed by atoms with van der Waals surface area (Å²) in [4.78, 5) is 19.4. The van der Waals surface area contributed by atoms with Crippen LogP contribution >= 0.6 is 0 Å². The minimum absolute atomic E-state index is 0.00500. The Balaban J connectivity index is 1.51. The molecule has 6 heteroatoms. The molecule has 4 N–H and O–H groups in total. The average molecular weight is 351 g/mol. The zero-order valence-corrected chi connectivity index (χ0v) is 15.0. The van der Waals surface area contributed by atoms with Crippen LogP contribution in [0.2, 0.25) is 0 Å². The molecule has 2 aromatic rings. The highest BCUT2D eigenvalue weighted by atomic mass is 16.1. The van der Waals surface area contributed by atoms with Gasteiger partial charge in [-0.05, 0) is 55.6 Å². The number of carbonyl (C=O) groups is 1. The largest absolute Gasteiger partial charge is 0.363 e. The predicted octanol–water partition coefficient (Wildman–Crippen LogP) is 1.68. The van der Waals surface area contributed by atoms with E-state index in [9.17, 15) is 4.79 Å². The lowest BCUT2D eigenvalue weighted by molar-refractivity contribution is -0.114. The molecular formula is C20H25N5O. The monoisotopic (exact) mass is 351 g/mol. The molecule has 26 heavy (non-hydrogen) atoms. The van der Waals surface area contributed by atoms with Gasteiger partial charge in [0.2, 0.25) is 5.91 Å². The van der Waals surface area contributed by atoms with Crippen molar-refractivity contribution in [2.45, 2.75) is 38.3 Å². The van der Waals surface area contributed by atoms with Crippen LogP contribution in [-0.2, 0) is 4.79 Å². The number of nitrogens with one attached hydrogen (secondary N) is 4. The van der Waals surface area contributed by atoms with Crippen LogP contribution < -0.4 is 26.7 Å². The first kappa shape index (κ1) is 16.8. The second kappa shape index (κ2) is 7.33. The van der Waals surface area contributed by atoms with Gasteiger partial charge in [-0.15, -0.1) is 0 Å². The SMILES string of the molecule is CC(=O)Nc1cccc(NC2CC=c3c(C4CCNCC4)c[nH]c3=N2)c1. The van der Waals surface area contributed by atoms with E-state index in [2.05, 4.69) is 33.2 Å².